The number of amides is 1. The third-order valence-electron chi connectivity index (χ3n) is 5.85. The van der Waals surface area contributed by atoms with Crippen molar-refractivity contribution < 1.29 is 18.7 Å². The average Bonchev–Trinajstić information content (AvgIpc) is 3.35. The minimum atomic E-state index is -0.250. The van der Waals surface area contributed by atoms with Crippen LogP contribution in [-0.4, -0.2) is 67.2 Å². The highest BCUT2D eigenvalue weighted by atomic mass is 32.1. The topological polar surface area (TPSA) is 66.9 Å². The maximum absolute atomic E-state index is 13.4. The molecule has 35 heavy (non-hydrogen) atoms. The Hall–Kier alpha value is -2.85. The predicted octanol–water partition coefficient (Wildman–Crippen LogP) is 3.56. The van der Waals surface area contributed by atoms with Crippen molar-refractivity contribution in [3.8, 4) is 5.75 Å². The number of hydrogen-bond acceptors (Lipinski definition) is 7. The lowest BCUT2D eigenvalue weighted by Gasteiger charge is -2.26. The predicted molar refractivity (Wildman–Crippen MR) is 134 cm³/mol. The van der Waals surface area contributed by atoms with E-state index in [0.29, 0.717) is 31.9 Å². The fraction of sp³-hybridized carbons (Fsp3) is 0.385. The van der Waals surface area contributed by atoms with Crippen LogP contribution in [0.15, 0.2) is 53.9 Å². The van der Waals surface area contributed by atoms with Gasteiger partial charge in [-0.2, -0.15) is 0 Å². The highest BCUT2D eigenvalue weighted by Gasteiger charge is 2.16. The molecule has 9 heteroatoms. The van der Waals surface area contributed by atoms with Gasteiger partial charge in [0.1, 0.15) is 22.3 Å². The number of carbonyl (C=O) groups excluding carboxylic acids is 1. The van der Waals surface area contributed by atoms with Gasteiger partial charge in [0.2, 0.25) is 0 Å². The van der Waals surface area contributed by atoms with Crippen LogP contribution in [0.3, 0.4) is 0 Å². The van der Waals surface area contributed by atoms with E-state index in [1.165, 1.54) is 23.5 Å². The van der Waals surface area contributed by atoms with Crippen LogP contribution in [0.5, 0.6) is 5.75 Å². The maximum atomic E-state index is 13.4. The molecule has 0 saturated carbocycles. The Kier molecular flexibility index (Phi) is 9.19. The molecule has 1 aliphatic rings. The Bertz CT molecular complexity index is 1070. The van der Waals surface area contributed by atoms with Crippen molar-refractivity contribution in [1.82, 2.24) is 20.1 Å². The minimum absolute atomic E-state index is 0.152. The number of ether oxygens (including phenoxy) is 2. The first kappa shape index (κ1) is 25.2. The number of carbonyl (C=O) groups is 1. The van der Waals surface area contributed by atoms with Crippen LogP contribution in [-0.2, 0) is 24.4 Å². The molecule has 2 aromatic carbocycles. The van der Waals surface area contributed by atoms with Crippen LogP contribution in [0.2, 0.25) is 0 Å². The van der Waals surface area contributed by atoms with E-state index < -0.39 is 0 Å². The summed E-state index contributed by atoms with van der Waals surface area (Å²) in [6.45, 7) is 6.57. The molecule has 1 fully saturated rings. The van der Waals surface area contributed by atoms with Gasteiger partial charge in [-0.3, -0.25) is 14.6 Å². The summed E-state index contributed by atoms with van der Waals surface area (Å²) in [7, 11) is 1.65. The molecule has 0 spiro atoms. The second-order valence-corrected chi connectivity index (χ2v) is 9.40. The van der Waals surface area contributed by atoms with Gasteiger partial charge in [0.15, 0.2) is 0 Å². The molecule has 0 aliphatic carbocycles. The van der Waals surface area contributed by atoms with E-state index in [4.69, 9.17) is 9.47 Å². The zero-order valence-corrected chi connectivity index (χ0v) is 20.7. The second-order valence-electron chi connectivity index (χ2n) is 8.46. The number of hydrogen-bond donors (Lipinski definition) is 1. The fourth-order valence-corrected chi connectivity index (χ4v) is 4.74. The zero-order chi connectivity index (χ0) is 24.5. The van der Waals surface area contributed by atoms with Gasteiger partial charge in [0.25, 0.3) is 5.91 Å². The summed E-state index contributed by atoms with van der Waals surface area (Å²) in [5.74, 6) is 0.406. The van der Waals surface area contributed by atoms with Crippen molar-refractivity contribution in [3.63, 3.8) is 0 Å². The minimum Gasteiger partial charge on any atom is -0.497 e. The molecule has 2 heterocycles. The number of aromatic nitrogens is 1. The molecule has 186 valence electrons. The number of benzene rings is 2. The van der Waals surface area contributed by atoms with E-state index in [9.17, 15) is 9.18 Å². The first-order valence-corrected chi connectivity index (χ1v) is 12.6. The average molecular weight is 499 g/mol. The molecule has 0 atom stereocenters. The number of methoxy groups -OCH3 is 1. The standard InChI is InChI=1S/C26H31FN4O3S/c1-33-23-8-4-21(5-9-23)17-31(16-20-2-6-22(27)7-3-20)18-25-29-24(19-35-25)26(32)28-10-11-30-12-14-34-15-13-30/h2-9,19H,10-18H2,1H3,(H,28,32). The summed E-state index contributed by atoms with van der Waals surface area (Å²) in [6, 6.07) is 14.5. The third-order valence-corrected chi connectivity index (χ3v) is 6.68. The maximum Gasteiger partial charge on any atom is 0.270 e. The van der Waals surface area contributed by atoms with Crippen molar-refractivity contribution in [2.45, 2.75) is 19.6 Å². The smallest absolute Gasteiger partial charge is 0.270 e. The lowest BCUT2D eigenvalue weighted by atomic mass is 10.1. The summed E-state index contributed by atoms with van der Waals surface area (Å²) in [4.78, 5) is 21.7. The Morgan fingerprint density at radius 1 is 1.09 bits per heavy atom. The lowest BCUT2D eigenvalue weighted by Crippen LogP contribution is -2.41. The quantitative estimate of drug-likeness (QED) is 0.436. The lowest BCUT2D eigenvalue weighted by molar-refractivity contribution is 0.0383. The van der Waals surface area contributed by atoms with E-state index in [0.717, 1.165) is 54.7 Å². The number of halogens is 1. The molecule has 7 nitrogen and oxygen atoms in total. The third kappa shape index (κ3) is 7.83. The van der Waals surface area contributed by atoms with Gasteiger partial charge >= 0.3 is 0 Å². The summed E-state index contributed by atoms with van der Waals surface area (Å²) >= 11 is 1.48. The number of rotatable bonds is 11. The first-order valence-electron chi connectivity index (χ1n) is 11.7. The number of nitrogens with zero attached hydrogens (tertiary/aromatic N) is 3. The largest absolute Gasteiger partial charge is 0.497 e. The molecule has 4 rings (SSSR count). The van der Waals surface area contributed by atoms with Crippen molar-refractivity contribution in [2.75, 3.05) is 46.5 Å². The molecule has 0 radical (unpaired) electrons. The Morgan fingerprint density at radius 3 is 2.40 bits per heavy atom. The van der Waals surface area contributed by atoms with Gasteiger partial charge in [-0.05, 0) is 35.4 Å². The number of morpholine rings is 1. The molecular weight excluding hydrogens is 467 g/mol. The van der Waals surface area contributed by atoms with Crippen molar-refractivity contribution in [1.29, 1.82) is 0 Å². The molecule has 1 aromatic heterocycles. The highest BCUT2D eigenvalue weighted by Crippen LogP contribution is 2.19. The molecule has 3 aromatic rings. The molecule has 0 unspecified atom stereocenters. The van der Waals surface area contributed by atoms with E-state index in [1.807, 2.05) is 29.6 Å². The molecule has 1 amide bonds. The van der Waals surface area contributed by atoms with E-state index in [-0.39, 0.29) is 11.7 Å². The van der Waals surface area contributed by atoms with Gasteiger partial charge in [0.05, 0.1) is 26.9 Å². The molecule has 0 bridgehead atoms. The molecule has 1 aliphatic heterocycles. The second kappa shape index (κ2) is 12.7. The zero-order valence-electron chi connectivity index (χ0n) is 19.9. The molecule has 1 saturated heterocycles. The van der Waals surface area contributed by atoms with Gasteiger partial charge in [-0.1, -0.05) is 24.3 Å². The van der Waals surface area contributed by atoms with Crippen LogP contribution >= 0.6 is 11.3 Å². The van der Waals surface area contributed by atoms with Crippen molar-refractivity contribution >= 4 is 17.2 Å². The van der Waals surface area contributed by atoms with Crippen LogP contribution < -0.4 is 10.1 Å². The Balaban J connectivity index is 1.37. The molecule has 1 N–H and O–H groups in total. The Morgan fingerprint density at radius 2 is 1.74 bits per heavy atom. The van der Waals surface area contributed by atoms with Crippen LogP contribution in [0.25, 0.3) is 0 Å². The van der Waals surface area contributed by atoms with Gasteiger partial charge in [0, 0.05) is 44.6 Å². The van der Waals surface area contributed by atoms with Gasteiger partial charge in [-0.15, -0.1) is 11.3 Å². The number of nitrogens with one attached hydrogen (secondary N) is 1. The number of thiazole rings is 1. The van der Waals surface area contributed by atoms with Crippen molar-refractivity contribution in [3.05, 3.63) is 81.6 Å². The summed E-state index contributed by atoms with van der Waals surface area (Å²) < 4.78 is 24.0. The van der Waals surface area contributed by atoms with E-state index in [1.54, 1.807) is 19.2 Å². The fourth-order valence-electron chi connectivity index (χ4n) is 3.93. The monoisotopic (exact) mass is 498 g/mol. The molecular formula is C26H31FN4O3S. The van der Waals surface area contributed by atoms with Crippen LogP contribution in [0.4, 0.5) is 4.39 Å². The van der Waals surface area contributed by atoms with E-state index >= 15 is 0 Å². The van der Waals surface area contributed by atoms with Gasteiger partial charge in [-0.25, -0.2) is 9.37 Å². The highest BCUT2D eigenvalue weighted by molar-refractivity contribution is 7.09. The Labute approximate surface area is 209 Å². The summed E-state index contributed by atoms with van der Waals surface area (Å²) in [6.07, 6.45) is 0. The van der Waals surface area contributed by atoms with Crippen LogP contribution in [0, 0.1) is 5.82 Å². The van der Waals surface area contributed by atoms with Crippen LogP contribution in [0.1, 0.15) is 26.6 Å². The van der Waals surface area contributed by atoms with Crippen molar-refractivity contribution in [2.24, 2.45) is 0 Å². The first-order chi connectivity index (χ1) is 17.1. The normalized spacial score (nSPS) is 14.3. The SMILES string of the molecule is COc1ccc(CN(Cc2ccc(F)cc2)Cc2nc(C(=O)NCCN3CCOCC3)cs2)cc1. The van der Waals surface area contributed by atoms with E-state index in [2.05, 4.69) is 20.1 Å². The summed E-state index contributed by atoms with van der Waals surface area (Å²) in [5, 5.41) is 5.64. The van der Waals surface area contributed by atoms with Gasteiger partial charge < -0.3 is 14.8 Å². The summed E-state index contributed by atoms with van der Waals surface area (Å²) in [5.41, 5.74) is 2.58.